The van der Waals surface area contributed by atoms with Gasteiger partial charge in [-0.2, -0.15) is 0 Å². The van der Waals surface area contributed by atoms with E-state index in [1.165, 1.54) is 23.5 Å². The van der Waals surface area contributed by atoms with E-state index in [4.69, 9.17) is 0 Å². The van der Waals surface area contributed by atoms with Gasteiger partial charge < -0.3 is 4.90 Å². The van der Waals surface area contributed by atoms with Gasteiger partial charge in [0.2, 0.25) is 5.78 Å². The molecule has 132 valence electrons. The van der Waals surface area contributed by atoms with Gasteiger partial charge >= 0.3 is 0 Å². The van der Waals surface area contributed by atoms with Crippen LogP contribution in [0, 0.1) is 5.82 Å². The third-order valence-electron chi connectivity index (χ3n) is 4.08. The van der Waals surface area contributed by atoms with E-state index in [1.54, 1.807) is 47.4 Å². The number of hydrogen-bond acceptors (Lipinski definition) is 3. The first-order valence-electron chi connectivity index (χ1n) is 8.31. The van der Waals surface area contributed by atoms with Gasteiger partial charge in [0.05, 0.1) is 10.4 Å². The molecule has 1 aromatic heterocycles. The average Bonchev–Trinajstić information content (AvgIpc) is 3.20. The number of rotatable bonds is 6. The number of halogens is 1. The molecular weight excluding hydrogens is 349 g/mol. The molecule has 0 fully saturated rings. The van der Waals surface area contributed by atoms with Crippen LogP contribution in [-0.2, 0) is 6.54 Å². The molecule has 0 aliphatic carbocycles. The van der Waals surface area contributed by atoms with Crippen LogP contribution in [0.4, 0.5) is 4.39 Å². The molecule has 1 amide bonds. The van der Waals surface area contributed by atoms with Crippen molar-refractivity contribution < 1.29 is 14.0 Å². The molecule has 0 aliphatic rings. The van der Waals surface area contributed by atoms with Crippen molar-refractivity contribution in [2.45, 2.75) is 13.5 Å². The molecule has 0 aliphatic heterocycles. The smallest absolute Gasteiger partial charge is 0.254 e. The molecule has 1 heterocycles. The summed E-state index contributed by atoms with van der Waals surface area (Å²) in [5.74, 6) is -0.734. The first-order valence-corrected chi connectivity index (χ1v) is 9.19. The molecule has 0 saturated carbocycles. The molecule has 0 radical (unpaired) electrons. The van der Waals surface area contributed by atoms with E-state index in [0.29, 0.717) is 28.1 Å². The Kier molecular flexibility index (Phi) is 5.58. The highest BCUT2D eigenvalue weighted by atomic mass is 32.1. The first-order chi connectivity index (χ1) is 12.6. The molecular formula is C21H18FNO2S. The molecule has 0 atom stereocenters. The van der Waals surface area contributed by atoms with Crippen LogP contribution < -0.4 is 0 Å². The Morgan fingerprint density at radius 1 is 1.00 bits per heavy atom. The van der Waals surface area contributed by atoms with Crippen LogP contribution in [0.15, 0.2) is 66.0 Å². The molecule has 5 heteroatoms. The molecule has 2 aromatic carbocycles. The van der Waals surface area contributed by atoms with Crippen molar-refractivity contribution in [3.63, 3.8) is 0 Å². The summed E-state index contributed by atoms with van der Waals surface area (Å²) in [5.41, 5.74) is 1.46. The fourth-order valence-electron chi connectivity index (χ4n) is 2.76. The lowest BCUT2D eigenvalue weighted by Gasteiger charge is -2.22. The van der Waals surface area contributed by atoms with Gasteiger partial charge in [0, 0.05) is 18.7 Å². The van der Waals surface area contributed by atoms with Crippen molar-refractivity contribution in [3.05, 3.63) is 93.4 Å². The standard InChI is InChI=1S/C21H18FNO2S/c1-2-23(14-15-7-5-8-16(22)13-15)21(25)18-10-4-3-9-17(18)20(24)19-11-6-12-26-19/h3-13H,2,14H2,1H3. The highest BCUT2D eigenvalue weighted by molar-refractivity contribution is 7.12. The summed E-state index contributed by atoms with van der Waals surface area (Å²) in [6.45, 7) is 2.60. The number of hydrogen-bond donors (Lipinski definition) is 0. The van der Waals surface area contributed by atoms with Crippen molar-refractivity contribution in [2.75, 3.05) is 6.54 Å². The van der Waals surface area contributed by atoms with E-state index in [9.17, 15) is 14.0 Å². The van der Waals surface area contributed by atoms with Gasteiger partial charge in [-0.25, -0.2) is 4.39 Å². The summed E-state index contributed by atoms with van der Waals surface area (Å²) in [7, 11) is 0. The normalized spacial score (nSPS) is 10.5. The third kappa shape index (κ3) is 3.89. The minimum Gasteiger partial charge on any atom is -0.335 e. The highest BCUT2D eigenvalue weighted by Gasteiger charge is 2.22. The van der Waals surface area contributed by atoms with Gasteiger partial charge in [0.1, 0.15) is 5.82 Å². The van der Waals surface area contributed by atoms with Crippen LogP contribution in [0.5, 0.6) is 0 Å². The number of thiophene rings is 1. The number of benzene rings is 2. The number of carbonyl (C=O) groups is 2. The van der Waals surface area contributed by atoms with E-state index in [1.807, 2.05) is 18.4 Å². The number of nitrogens with zero attached hydrogens (tertiary/aromatic N) is 1. The second kappa shape index (κ2) is 8.06. The first kappa shape index (κ1) is 18.0. The Morgan fingerprint density at radius 3 is 2.42 bits per heavy atom. The molecule has 0 spiro atoms. The maximum atomic E-state index is 13.4. The Balaban J connectivity index is 1.90. The number of ketones is 1. The van der Waals surface area contributed by atoms with Crippen LogP contribution in [0.2, 0.25) is 0 Å². The molecule has 0 saturated heterocycles. The van der Waals surface area contributed by atoms with Crippen LogP contribution in [0.3, 0.4) is 0 Å². The largest absolute Gasteiger partial charge is 0.335 e. The second-order valence-corrected chi connectivity index (χ2v) is 6.75. The third-order valence-corrected chi connectivity index (χ3v) is 4.95. The zero-order valence-corrected chi connectivity index (χ0v) is 15.1. The summed E-state index contributed by atoms with van der Waals surface area (Å²) in [6, 6.07) is 16.6. The lowest BCUT2D eigenvalue weighted by Crippen LogP contribution is -2.31. The summed E-state index contributed by atoms with van der Waals surface area (Å²) in [5, 5.41) is 1.83. The van der Waals surface area contributed by atoms with Crippen LogP contribution in [0.25, 0.3) is 0 Å². The lowest BCUT2D eigenvalue weighted by molar-refractivity contribution is 0.0748. The van der Waals surface area contributed by atoms with E-state index in [-0.39, 0.29) is 24.1 Å². The van der Waals surface area contributed by atoms with Gasteiger partial charge in [-0.05, 0) is 42.1 Å². The summed E-state index contributed by atoms with van der Waals surface area (Å²) in [4.78, 5) is 28.0. The quantitative estimate of drug-likeness (QED) is 0.588. The van der Waals surface area contributed by atoms with Gasteiger partial charge in [-0.15, -0.1) is 11.3 Å². The summed E-state index contributed by atoms with van der Waals surface area (Å²) in [6.07, 6.45) is 0. The van der Waals surface area contributed by atoms with Gasteiger partial charge in [-0.3, -0.25) is 9.59 Å². The Labute approximate surface area is 155 Å². The number of amides is 1. The molecule has 26 heavy (non-hydrogen) atoms. The highest BCUT2D eigenvalue weighted by Crippen LogP contribution is 2.20. The molecule has 0 bridgehead atoms. The molecule has 0 N–H and O–H groups in total. The molecule has 3 aromatic rings. The zero-order valence-electron chi connectivity index (χ0n) is 14.3. The second-order valence-electron chi connectivity index (χ2n) is 5.80. The SMILES string of the molecule is CCN(Cc1cccc(F)c1)C(=O)c1ccccc1C(=O)c1cccs1. The predicted molar refractivity (Wildman–Crippen MR) is 101 cm³/mol. The van der Waals surface area contributed by atoms with Crippen molar-refractivity contribution in [1.29, 1.82) is 0 Å². The van der Waals surface area contributed by atoms with E-state index >= 15 is 0 Å². The van der Waals surface area contributed by atoms with E-state index < -0.39 is 0 Å². The Hall–Kier alpha value is -2.79. The maximum Gasteiger partial charge on any atom is 0.254 e. The predicted octanol–water partition coefficient (Wildman–Crippen LogP) is 4.78. The minimum absolute atomic E-state index is 0.161. The number of carbonyl (C=O) groups excluding carboxylic acids is 2. The van der Waals surface area contributed by atoms with Crippen LogP contribution in [0.1, 0.15) is 38.1 Å². The zero-order chi connectivity index (χ0) is 18.5. The van der Waals surface area contributed by atoms with Crippen LogP contribution in [-0.4, -0.2) is 23.1 Å². The lowest BCUT2D eigenvalue weighted by atomic mass is 10.0. The van der Waals surface area contributed by atoms with E-state index in [2.05, 4.69) is 0 Å². The summed E-state index contributed by atoms with van der Waals surface area (Å²) >= 11 is 1.35. The van der Waals surface area contributed by atoms with Crippen molar-refractivity contribution >= 4 is 23.0 Å². The van der Waals surface area contributed by atoms with Crippen molar-refractivity contribution in [1.82, 2.24) is 4.90 Å². The fourth-order valence-corrected chi connectivity index (χ4v) is 3.44. The van der Waals surface area contributed by atoms with Crippen LogP contribution >= 0.6 is 11.3 Å². The molecule has 3 rings (SSSR count). The fraction of sp³-hybridized carbons (Fsp3) is 0.143. The Morgan fingerprint density at radius 2 is 1.77 bits per heavy atom. The summed E-state index contributed by atoms with van der Waals surface area (Å²) < 4.78 is 13.4. The monoisotopic (exact) mass is 367 g/mol. The molecule has 3 nitrogen and oxygen atoms in total. The van der Waals surface area contributed by atoms with Gasteiger partial charge in [-0.1, -0.05) is 36.4 Å². The maximum absolute atomic E-state index is 13.4. The van der Waals surface area contributed by atoms with Crippen molar-refractivity contribution in [3.8, 4) is 0 Å². The van der Waals surface area contributed by atoms with E-state index in [0.717, 1.165) is 0 Å². The minimum atomic E-state index is -0.334. The van der Waals surface area contributed by atoms with Gasteiger partial charge in [0.25, 0.3) is 5.91 Å². The van der Waals surface area contributed by atoms with Gasteiger partial charge in [0.15, 0.2) is 0 Å². The average molecular weight is 367 g/mol. The Bertz CT molecular complexity index is 921. The van der Waals surface area contributed by atoms with Crippen molar-refractivity contribution in [2.24, 2.45) is 0 Å². The topological polar surface area (TPSA) is 37.4 Å². The molecule has 0 unspecified atom stereocenters.